The second-order valence-electron chi connectivity index (χ2n) is 5.06. The molecule has 3 heteroatoms. The van der Waals surface area contributed by atoms with E-state index >= 15 is 0 Å². The predicted octanol–water partition coefficient (Wildman–Crippen LogP) is 2.70. The highest BCUT2D eigenvalue weighted by molar-refractivity contribution is 8.14. The van der Waals surface area contributed by atoms with Crippen LogP contribution in [0.25, 0.3) is 0 Å². The maximum atomic E-state index is 11.7. The van der Waals surface area contributed by atoms with Crippen molar-refractivity contribution in [3.8, 4) is 0 Å². The van der Waals surface area contributed by atoms with E-state index in [9.17, 15) is 9.90 Å². The first-order valence-electron chi connectivity index (χ1n) is 5.06. The summed E-state index contributed by atoms with van der Waals surface area (Å²) in [5, 5.41) is 9.81. The molecule has 2 atom stereocenters. The van der Waals surface area contributed by atoms with Gasteiger partial charge >= 0.3 is 0 Å². The molecule has 1 N–H and O–H groups in total. The molecule has 2 nitrogen and oxygen atoms in total. The summed E-state index contributed by atoms with van der Waals surface area (Å²) in [6.07, 6.45) is -0.530. The number of aliphatic hydroxyl groups excluding tert-OH is 1. The number of carbonyl (C=O) groups excluding carboxylic acids is 1. The fourth-order valence-corrected chi connectivity index (χ4v) is 2.04. The molecule has 0 saturated heterocycles. The summed E-state index contributed by atoms with van der Waals surface area (Å²) in [4.78, 5) is 11.7. The molecule has 0 radical (unpaired) electrons. The normalized spacial score (nSPS) is 16.9. The van der Waals surface area contributed by atoms with E-state index in [1.54, 1.807) is 6.92 Å². The quantitative estimate of drug-likeness (QED) is 0.791. The SMILES string of the molecule is CC(C)[C@H](O)[C@H](C)C(=O)SC(C)(C)C. The molecule has 0 unspecified atom stereocenters. The molecule has 0 rings (SSSR count). The van der Waals surface area contributed by atoms with Crippen LogP contribution in [0.1, 0.15) is 41.5 Å². The summed E-state index contributed by atoms with van der Waals surface area (Å²) in [6.45, 7) is 11.7. The summed E-state index contributed by atoms with van der Waals surface area (Å²) in [6, 6.07) is 0. The number of hydrogen-bond acceptors (Lipinski definition) is 3. The predicted molar refractivity (Wildman–Crippen MR) is 62.4 cm³/mol. The van der Waals surface area contributed by atoms with Crippen LogP contribution in [0, 0.1) is 11.8 Å². The lowest BCUT2D eigenvalue weighted by atomic mass is 9.96. The number of rotatable bonds is 3. The van der Waals surface area contributed by atoms with Crippen molar-refractivity contribution in [2.75, 3.05) is 0 Å². The molecular formula is C11H22O2S. The van der Waals surface area contributed by atoms with Crippen LogP contribution in [0.5, 0.6) is 0 Å². The molecule has 14 heavy (non-hydrogen) atoms. The van der Waals surface area contributed by atoms with E-state index in [-0.39, 0.29) is 21.7 Å². The van der Waals surface area contributed by atoms with Gasteiger partial charge in [-0.05, 0) is 5.92 Å². The van der Waals surface area contributed by atoms with Gasteiger partial charge in [0.05, 0.1) is 12.0 Å². The average Bonchev–Trinajstić information content (AvgIpc) is 1.98. The summed E-state index contributed by atoms with van der Waals surface area (Å²) < 4.78 is -0.0674. The monoisotopic (exact) mass is 218 g/mol. The van der Waals surface area contributed by atoms with Gasteiger partial charge in [-0.3, -0.25) is 4.79 Å². The van der Waals surface area contributed by atoms with E-state index in [1.807, 2.05) is 34.6 Å². The highest BCUT2D eigenvalue weighted by atomic mass is 32.2. The number of carbonyl (C=O) groups is 1. The first-order valence-corrected chi connectivity index (χ1v) is 5.87. The molecule has 0 aliphatic heterocycles. The van der Waals surface area contributed by atoms with Gasteiger partial charge in [-0.15, -0.1) is 0 Å². The van der Waals surface area contributed by atoms with E-state index in [0.717, 1.165) is 0 Å². The molecule has 84 valence electrons. The van der Waals surface area contributed by atoms with Crippen molar-refractivity contribution < 1.29 is 9.90 Å². The van der Waals surface area contributed by atoms with Crippen LogP contribution in [-0.4, -0.2) is 21.1 Å². The Morgan fingerprint density at radius 3 is 1.93 bits per heavy atom. The summed E-state index contributed by atoms with van der Waals surface area (Å²) >= 11 is 1.31. The highest BCUT2D eigenvalue weighted by Gasteiger charge is 2.28. The van der Waals surface area contributed by atoms with Crippen LogP contribution < -0.4 is 0 Å². The zero-order valence-corrected chi connectivity index (χ0v) is 10.8. The van der Waals surface area contributed by atoms with Crippen LogP contribution in [-0.2, 0) is 4.79 Å². The van der Waals surface area contributed by atoms with Crippen molar-refractivity contribution in [3.63, 3.8) is 0 Å². The van der Waals surface area contributed by atoms with Crippen LogP contribution in [0.3, 0.4) is 0 Å². The second-order valence-corrected chi connectivity index (χ2v) is 6.89. The fourth-order valence-electron chi connectivity index (χ4n) is 1.11. The van der Waals surface area contributed by atoms with Crippen LogP contribution in [0.15, 0.2) is 0 Å². The molecule has 0 aromatic rings. The minimum atomic E-state index is -0.530. The van der Waals surface area contributed by atoms with Gasteiger partial charge in [0.1, 0.15) is 0 Å². The van der Waals surface area contributed by atoms with Crippen molar-refractivity contribution in [1.82, 2.24) is 0 Å². The maximum absolute atomic E-state index is 11.7. The molecule has 0 aromatic heterocycles. The van der Waals surface area contributed by atoms with Crippen molar-refractivity contribution in [2.24, 2.45) is 11.8 Å². The van der Waals surface area contributed by atoms with Crippen molar-refractivity contribution in [3.05, 3.63) is 0 Å². The van der Waals surface area contributed by atoms with E-state index in [4.69, 9.17) is 0 Å². The topological polar surface area (TPSA) is 37.3 Å². The molecule has 0 bridgehead atoms. The van der Waals surface area contributed by atoms with Gasteiger partial charge in [0.2, 0.25) is 0 Å². The van der Waals surface area contributed by atoms with Gasteiger partial charge in [0.15, 0.2) is 5.12 Å². The standard InChI is InChI=1S/C11H22O2S/c1-7(2)9(12)8(3)10(13)14-11(4,5)6/h7-9,12H,1-6H3/t8-,9-/m0/s1. The third kappa shape index (κ3) is 5.01. The van der Waals surface area contributed by atoms with Gasteiger partial charge in [0, 0.05) is 4.75 Å². The van der Waals surface area contributed by atoms with E-state index in [0.29, 0.717) is 0 Å². The Hall–Kier alpha value is -0.0200. The Morgan fingerprint density at radius 2 is 1.64 bits per heavy atom. The third-order valence-electron chi connectivity index (χ3n) is 1.97. The summed E-state index contributed by atoms with van der Waals surface area (Å²) in [5.74, 6) is -0.145. The fraction of sp³-hybridized carbons (Fsp3) is 0.909. The highest BCUT2D eigenvalue weighted by Crippen LogP contribution is 2.29. The Morgan fingerprint density at radius 1 is 1.21 bits per heavy atom. The smallest absolute Gasteiger partial charge is 0.194 e. The Kier molecular flexibility index (Phi) is 5.16. The van der Waals surface area contributed by atoms with Crippen LogP contribution in [0.2, 0.25) is 0 Å². The molecule has 0 spiro atoms. The molecular weight excluding hydrogens is 196 g/mol. The van der Waals surface area contributed by atoms with Crippen LogP contribution >= 0.6 is 11.8 Å². The van der Waals surface area contributed by atoms with Gasteiger partial charge in [0.25, 0.3) is 0 Å². The van der Waals surface area contributed by atoms with Gasteiger partial charge in [-0.2, -0.15) is 0 Å². The van der Waals surface area contributed by atoms with Crippen molar-refractivity contribution >= 4 is 16.9 Å². The minimum Gasteiger partial charge on any atom is -0.392 e. The Balaban J connectivity index is 4.26. The van der Waals surface area contributed by atoms with Crippen LogP contribution in [0.4, 0.5) is 0 Å². The third-order valence-corrected chi connectivity index (χ3v) is 3.16. The number of thioether (sulfide) groups is 1. The summed E-state index contributed by atoms with van der Waals surface area (Å²) in [5.41, 5.74) is 0. The lowest BCUT2D eigenvalue weighted by Gasteiger charge is -2.24. The maximum Gasteiger partial charge on any atom is 0.194 e. The largest absolute Gasteiger partial charge is 0.392 e. The van der Waals surface area contributed by atoms with E-state index in [1.165, 1.54) is 11.8 Å². The molecule has 0 amide bonds. The zero-order valence-electron chi connectivity index (χ0n) is 10.00. The van der Waals surface area contributed by atoms with Gasteiger partial charge in [-0.25, -0.2) is 0 Å². The lowest BCUT2D eigenvalue weighted by molar-refractivity contribution is -0.117. The molecule has 0 fully saturated rings. The van der Waals surface area contributed by atoms with Crippen molar-refractivity contribution in [1.29, 1.82) is 0 Å². The molecule has 0 aromatic carbocycles. The van der Waals surface area contributed by atoms with Crippen molar-refractivity contribution in [2.45, 2.75) is 52.4 Å². The molecule has 0 saturated carbocycles. The molecule has 0 aliphatic carbocycles. The van der Waals surface area contributed by atoms with Gasteiger partial charge < -0.3 is 5.11 Å². The number of aliphatic hydroxyl groups is 1. The second kappa shape index (κ2) is 5.17. The van der Waals surface area contributed by atoms with E-state index < -0.39 is 6.10 Å². The Bertz CT molecular complexity index is 194. The number of hydrogen-bond donors (Lipinski definition) is 1. The van der Waals surface area contributed by atoms with E-state index in [2.05, 4.69) is 0 Å². The molecule has 0 heterocycles. The first-order chi connectivity index (χ1) is 6.15. The zero-order chi connectivity index (χ0) is 11.5. The molecule has 0 aliphatic rings. The first kappa shape index (κ1) is 14.0. The lowest BCUT2D eigenvalue weighted by Crippen LogP contribution is -2.30. The average molecular weight is 218 g/mol. The minimum absolute atomic E-state index is 0.0674. The summed E-state index contributed by atoms with van der Waals surface area (Å²) in [7, 11) is 0. The Labute approximate surface area is 91.5 Å². The van der Waals surface area contributed by atoms with Gasteiger partial charge in [-0.1, -0.05) is 53.3 Å².